The van der Waals surface area contributed by atoms with E-state index in [9.17, 15) is 9.59 Å². The highest BCUT2D eigenvalue weighted by molar-refractivity contribution is 7.07. The highest BCUT2D eigenvalue weighted by Gasteiger charge is 2.50. The second-order valence-electron chi connectivity index (χ2n) is 7.79. The van der Waals surface area contributed by atoms with E-state index in [2.05, 4.69) is 19.9 Å². The van der Waals surface area contributed by atoms with Crippen molar-refractivity contribution >= 4 is 23.2 Å². The minimum Gasteiger partial charge on any atom is -0.348 e. The lowest BCUT2D eigenvalue weighted by atomic mass is 9.76. The Morgan fingerprint density at radius 2 is 2.00 bits per heavy atom. The van der Waals surface area contributed by atoms with Crippen LogP contribution in [0.2, 0.25) is 0 Å². The number of likely N-dealkylation sites (tertiary alicyclic amines) is 1. The summed E-state index contributed by atoms with van der Waals surface area (Å²) in [6, 6.07) is 0. The highest BCUT2D eigenvalue weighted by atomic mass is 32.1. The minimum atomic E-state index is -0.376. The van der Waals surface area contributed by atoms with Crippen LogP contribution in [0.3, 0.4) is 0 Å². The lowest BCUT2D eigenvalue weighted by molar-refractivity contribution is -0.148. The molecule has 4 heterocycles. The van der Waals surface area contributed by atoms with Crippen molar-refractivity contribution in [1.29, 1.82) is 0 Å². The zero-order chi connectivity index (χ0) is 18.4. The summed E-state index contributed by atoms with van der Waals surface area (Å²) in [7, 11) is 0. The standard InChI is InChI=1S/C19H23N5O2S/c25-17(13-2-1-3-13)24-7-4-14-16(21-11-20-14)19(24)5-8-23(9-6-19)18(26)15-10-27-12-22-15/h10-13H,1-9H2,(H,20,21). The maximum absolute atomic E-state index is 13.2. The molecule has 5 rings (SSSR count). The summed E-state index contributed by atoms with van der Waals surface area (Å²) in [6.45, 7) is 1.98. The molecule has 3 aliphatic rings. The van der Waals surface area contributed by atoms with Crippen molar-refractivity contribution in [1.82, 2.24) is 24.8 Å². The van der Waals surface area contributed by atoms with E-state index in [1.807, 2.05) is 4.90 Å². The molecule has 2 fully saturated rings. The maximum atomic E-state index is 13.2. The van der Waals surface area contributed by atoms with Gasteiger partial charge in [-0.3, -0.25) is 9.59 Å². The van der Waals surface area contributed by atoms with Crippen molar-refractivity contribution in [3.63, 3.8) is 0 Å². The van der Waals surface area contributed by atoms with Gasteiger partial charge in [-0.1, -0.05) is 6.42 Å². The number of aromatic amines is 1. The van der Waals surface area contributed by atoms with Gasteiger partial charge in [0.05, 0.1) is 23.1 Å². The predicted octanol–water partition coefficient (Wildman–Crippen LogP) is 2.18. The highest BCUT2D eigenvalue weighted by Crippen LogP contribution is 2.44. The summed E-state index contributed by atoms with van der Waals surface area (Å²) in [5.74, 6) is 0.451. The summed E-state index contributed by atoms with van der Waals surface area (Å²) >= 11 is 1.44. The summed E-state index contributed by atoms with van der Waals surface area (Å²) in [6.07, 6.45) is 7.22. The van der Waals surface area contributed by atoms with Crippen LogP contribution in [0.5, 0.6) is 0 Å². The molecule has 1 saturated carbocycles. The van der Waals surface area contributed by atoms with Gasteiger partial charge in [-0.2, -0.15) is 0 Å². The van der Waals surface area contributed by atoms with Crippen LogP contribution in [0.1, 0.15) is 54.0 Å². The van der Waals surface area contributed by atoms with Gasteiger partial charge in [0, 0.05) is 43.0 Å². The van der Waals surface area contributed by atoms with Crippen molar-refractivity contribution in [3.05, 3.63) is 34.3 Å². The molecule has 0 atom stereocenters. The molecule has 1 aliphatic carbocycles. The van der Waals surface area contributed by atoms with E-state index in [0.717, 1.165) is 56.5 Å². The summed E-state index contributed by atoms with van der Waals surface area (Å²) in [5, 5.41) is 1.80. The number of carbonyl (C=O) groups excluding carboxylic acids is 2. The first kappa shape index (κ1) is 16.9. The normalized spacial score (nSPS) is 21.8. The largest absolute Gasteiger partial charge is 0.348 e. The first-order chi connectivity index (χ1) is 13.2. The first-order valence-electron chi connectivity index (χ1n) is 9.71. The zero-order valence-electron chi connectivity index (χ0n) is 15.2. The van der Waals surface area contributed by atoms with E-state index in [-0.39, 0.29) is 23.3 Å². The van der Waals surface area contributed by atoms with Crippen molar-refractivity contribution in [2.24, 2.45) is 5.92 Å². The van der Waals surface area contributed by atoms with Crippen LogP contribution in [0.25, 0.3) is 0 Å². The molecule has 0 bridgehead atoms. The smallest absolute Gasteiger partial charge is 0.273 e. The Morgan fingerprint density at radius 1 is 1.19 bits per heavy atom. The van der Waals surface area contributed by atoms with E-state index in [4.69, 9.17) is 0 Å². The van der Waals surface area contributed by atoms with Crippen LogP contribution >= 0.6 is 11.3 Å². The van der Waals surface area contributed by atoms with Crippen LogP contribution in [0.4, 0.5) is 0 Å². The van der Waals surface area contributed by atoms with Gasteiger partial charge < -0.3 is 14.8 Å². The average molecular weight is 385 g/mol. The Kier molecular flexibility index (Phi) is 4.03. The predicted molar refractivity (Wildman–Crippen MR) is 100 cm³/mol. The third-order valence-corrected chi connectivity index (χ3v) is 7.10. The molecule has 2 amide bonds. The van der Waals surface area contributed by atoms with Crippen molar-refractivity contribution < 1.29 is 9.59 Å². The number of imidazole rings is 1. The van der Waals surface area contributed by atoms with Crippen molar-refractivity contribution in [2.45, 2.75) is 44.1 Å². The van der Waals surface area contributed by atoms with Gasteiger partial charge in [0.1, 0.15) is 5.69 Å². The number of amides is 2. The number of fused-ring (bicyclic) bond motifs is 2. The Hall–Kier alpha value is -2.22. The minimum absolute atomic E-state index is 0.0129. The van der Waals surface area contributed by atoms with Gasteiger partial charge >= 0.3 is 0 Å². The number of hydrogen-bond donors (Lipinski definition) is 1. The summed E-state index contributed by atoms with van der Waals surface area (Å²) in [5.41, 5.74) is 3.99. The van der Waals surface area contributed by atoms with Crippen LogP contribution in [0, 0.1) is 5.92 Å². The second kappa shape index (κ2) is 6.44. The van der Waals surface area contributed by atoms with Crippen LogP contribution < -0.4 is 0 Å². The number of nitrogens with zero attached hydrogens (tertiary/aromatic N) is 4. The van der Waals surface area contributed by atoms with E-state index < -0.39 is 0 Å². The lowest BCUT2D eigenvalue weighted by Gasteiger charge is -2.51. The molecule has 27 heavy (non-hydrogen) atoms. The van der Waals surface area contributed by atoms with E-state index >= 15 is 0 Å². The summed E-state index contributed by atoms with van der Waals surface area (Å²) in [4.78, 5) is 41.9. The van der Waals surface area contributed by atoms with E-state index in [1.165, 1.54) is 11.3 Å². The molecule has 1 N–H and O–H groups in total. The molecule has 0 radical (unpaired) electrons. The van der Waals surface area contributed by atoms with Gasteiger partial charge in [-0.05, 0) is 25.7 Å². The number of nitrogens with one attached hydrogen (secondary N) is 1. The lowest BCUT2D eigenvalue weighted by Crippen LogP contribution is -2.60. The Balaban J connectivity index is 1.42. The van der Waals surface area contributed by atoms with Gasteiger partial charge in [0.15, 0.2) is 0 Å². The number of rotatable bonds is 2. The molecular weight excluding hydrogens is 362 g/mol. The SMILES string of the molecule is O=C(c1cscn1)N1CCC2(CC1)c1nc[nH]c1CCN2C(=O)C1CCC1. The first-order valence-corrected chi connectivity index (χ1v) is 10.6. The number of H-pyrrole nitrogens is 1. The number of thiazole rings is 1. The number of aromatic nitrogens is 3. The second-order valence-corrected chi connectivity index (χ2v) is 8.51. The van der Waals surface area contributed by atoms with Crippen LogP contribution in [-0.2, 0) is 16.8 Å². The Morgan fingerprint density at radius 3 is 2.67 bits per heavy atom. The van der Waals surface area contributed by atoms with Gasteiger partial charge in [0.25, 0.3) is 5.91 Å². The maximum Gasteiger partial charge on any atom is 0.273 e. The van der Waals surface area contributed by atoms with E-state index in [0.29, 0.717) is 18.8 Å². The monoisotopic (exact) mass is 385 g/mol. The Labute approximate surface area is 161 Å². The molecule has 142 valence electrons. The fourth-order valence-electron chi connectivity index (χ4n) is 4.74. The topological polar surface area (TPSA) is 82.2 Å². The van der Waals surface area contributed by atoms with Gasteiger partial charge in [-0.15, -0.1) is 11.3 Å². The van der Waals surface area contributed by atoms with Gasteiger partial charge in [0.2, 0.25) is 5.91 Å². The molecular formula is C19H23N5O2S. The average Bonchev–Trinajstić information content (AvgIpc) is 3.33. The Bertz CT molecular complexity index is 849. The molecule has 2 aromatic heterocycles. The number of hydrogen-bond acceptors (Lipinski definition) is 5. The van der Waals surface area contributed by atoms with Crippen molar-refractivity contribution in [2.75, 3.05) is 19.6 Å². The van der Waals surface area contributed by atoms with Crippen LogP contribution in [0.15, 0.2) is 17.2 Å². The molecule has 1 saturated heterocycles. The van der Waals surface area contributed by atoms with Gasteiger partial charge in [-0.25, -0.2) is 9.97 Å². The number of piperidine rings is 1. The molecule has 7 nitrogen and oxygen atoms in total. The molecule has 8 heteroatoms. The van der Waals surface area contributed by atoms with Crippen molar-refractivity contribution in [3.8, 4) is 0 Å². The fraction of sp³-hybridized carbons (Fsp3) is 0.579. The molecule has 2 aliphatic heterocycles. The fourth-order valence-corrected chi connectivity index (χ4v) is 5.27. The zero-order valence-corrected chi connectivity index (χ0v) is 16.0. The van der Waals surface area contributed by atoms with E-state index in [1.54, 1.807) is 17.2 Å². The molecule has 0 unspecified atom stereocenters. The quantitative estimate of drug-likeness (QED) is 0.859. The number of carbonyl (C=O) groups is 2. The van der Waals surface area contributed by atoms with Crippen LogP contribution in [-0.4, -0.2) is 56.2 Å². The third kappa shape index (κ3) is 2.61. The third-order valence-electron chi connectivity index (χ3n) is 6.51. The molecule has 0 aromatic carbocycles. The molecule has 1 spiro atoms. The molecule has 2 aromatic rings. The summed E-state index contributed by atoms with van der Waals surface area (Å²) < 4.78 is 0.